The van der Waals surface area contributed by atoms with Crippen LogP contribution >= 0.6 is 0 Å². The van der Waals surface area contributed by atoms with Crippen molar-refractivity contribution in [3.8, 4) is 11.8 Å². The Morgan fingerprint density at radius 2 is 1.76 bits per heavy atom. The summed E-state index contributed by atoms with van der Waals surface area (Å²) in [5, 5.41) is 15.9. The number of nitrogens with zero attached hydrogens (tertiary/aromatic N) is 2. The summed E-state index contributed by atoms with van der Waals surface area (Å²) < 4.78 is 32.7. The average molecular weight is 473 g/mol. The molecule has 1 aromatic carbocycles. The number of carbonyl (C=O) groups excluding carboxylic acids is 2. The normalized spacial score (nSPS) is 35.1. The summed E-state index contributed by atoms with van der Waals surface area (Å²) in [6, 6.07) is 7.77. The van der Waals surface area contributed by atoms with Crippen molar-refractivity contribution in [3.05, 3.63) is 29.8 Å². The summed E-state index contributed by atoms with van der Waals surface area (Å²) >= 11 is 0. The Kier molecular flexibility index (Phi) is 5.55. The SMILES string of the molecule is COc1ccc(C(=O)NC23CC4CC(CC(NCC(=O)N5CC(F)(F)CC5C#N)(C4)C2)C3)cc1. The van der Waals surface area contributed by atoms with Gasteiger partial charge in [-0.15, -0.1) is 0 Å². The standard InChI is InChI=1S/C25H30F2N4O3/c1-34-20-4-2-18(3-5-20)22(33)30-24-9-16-6-17(10-24)8-23(7-16,14-24)29-13-21(32)31-15-25(26,27)11-19(31)12-28/h2-5,16-17,19,29H,6-11,13-15H2,1H3,(H,30,33). The lowest BCUT2D eigenvalue weighted by molar-refractivity contribution is -0.133. The first kappa shape index (κ1) is 23.0. The van der Waals surface area contributed by atoms with E-state index in [1.807, 2.05) is 6.07 Å². The van der Waals surface area contributed by atoms with Gasteiger partial charge in [0.25, 0.3) is 11.8 Å². The number of nitrogens with one attached hydrogen (secondary N) is 2. The van der Waals surface area contributed by atoms with Gasteiger partial charge >= 0.3 is 0 Å². The van der Waals surface area contributed by atoms with Gasteiger partial charge < -0.3 is 20.3 Å². The van der Waals surface area contributed by atoms with Crippen molar-refractivity contribution in [1.82, 2.24) is 15.5 Å². The number of alkyl halides is 2. The minimum absolute atomic E-state index is 0.0732. The molecular formula is C25H30F2N4O3. The van der Waals surface area contributed by atoms with Gasteiger partial charge in [0.05, 0.1) is 26.3 Å². The molecule has 2 N–H and O–H groups in total. The van der Waals surface area contributed by atoms with Crippen LogP contribution < -0.4 is 15.4 Å². The van der Waals surface area contributed by atoms with Crippen LogP contribution in [0.15, 0.2) is 24.3 Å². The van der Waals surface area contributed by atoms with Crippen LogP contribution in [0.5, 0.6) is 5.75 Å². The van der Waals surface area contributed by atoms with E-state index in [1.165, 1.54) is 0 Å². The monoisotopic (exact) mass is 472 g/mol. The van der Waals surface area contributed by atoms with E-state index in [9.17, 15) is 23.6 Å². The summed E-state index contributed by atoms with van der Waals surface area (Å²) in [7, 11) is 1.58. The molecule has 3 atom stereocenters. The smallest absolute Gasteiger partial charge is 0.268 e. The summed E-state index contributed by atoms with van der Waals surface area (Å²) in [5.74, 6) is -2.02. The molecule has 7 nitrogen and oxygen atoms in total. The fourth-order valence-electron chi connectivity index (χ4n) is 7.23. The van der Waals surface area contributed by atoms with E-state index in [4.69, 9.17) is 4.74 Å². The first-order valence-electron chi connectivity index (χ1n) is 11.9. The van der Waals surface area contributed by atoms with Crippen molar-refractivity contribution in [3.63, 3.8) is 0 Å². The van der Waals surface area contributed by atoms with Crippen LogP contribution in [-0.4, -0.2) is 60.0 Å². The highest BCUT2D eigenvalue weighted by atomic mass is 19.3. The largest absolute Gasteiger partial charge is 0.497 e. The summed E-state index contributed by atoms with van der Waals surface area (Å²) in [6.45, 7) is -0.776. The number of likely N-dealkylation sites (tertiary alicyclic amines) is 1. The van der Waals surface area contributed by atoms with Crippen LogP contribution in [-0.2, 0) is 4.79 Å². The Labute approximate surface area is 197 Å². The van der Waals surface area contributed by atoms with Gasteiger partial charge in [0.15, 0.2) is 0 Å². The predicted molar refractivity (Wildman–Crippen MR) is 119 cm³/mol. The molecule has 0 radical (unpaired) electrons. The number of halogens is 2. The van der Waals surface area contributed by atoms with Gasteiger partial charge in [-0.3, -0.25) is 9.59 Å². The van der Waals surface area contributed by atoms with Gasteiger partial charge in [0.1, 0.15) is 11.8 Å². The maximum absolute atomic E-state index is 13.8. The number of ether oxygens (including phenoxy) is 1. The molecule has 5 fully saturated rings. The van der Waals surface area contributed by atoms with E-state index < -0.39 is 30.8 Å². The van der Waals surface area contributed by atoms with Crippen molar-refractivity contribution < 1.29 is 23.1 Å². The highest BCUT2D eigenvalue weighted by Gasteiger charge is 2.58. The molecule has 5 aliphatic rings. The van der Waals surface area contributed by atoms with Crippen molar-refractivity contribution in [1.29, 1.82) is 5.26 Å². The first-order valence-corrected chi connectivity index (χ1v) is 11.9. The van der Waals surface area contributed by atoms with E-state index >= 15 is 0 Å². The number of hydrogen-bond donors (Lipinski definition) is 2. The summed E-state index contributed by atoms with van der Waals surface area (Å²) in [5.41, 5.74) is -0.0733. The molecule has 2 amide bonds. The molecule has 6 rings (SSSR count). The van der Waals surface area contributed by atoms with Gasteiger partial charge in [-0.1, -0.05) is 0 Å². The lowest BCUT2D eigenvalue weighted by Crippen LogP contribution is -2.69. The number of hydrogen-bond acceptors (Lipinski definition) is 5. The minimum atomic E-state index is -3.02. The molecule has 3 unspecified atom stereocenters. The Balaban J connectivity index is 1.27. The number of benzene rings is 1. The first-order chi connectivity index (χ1) is 16.1. The maximum atomic E-state index is 13.8. The van der Waals surface area contributed by atoms with E-state index in [-0.39, 0.29) is 23.5 Å². The van der Waals surface area contributed by atoms with Gasteiger partial charge in [0, 0.05) is 23.1 Å². The second kappa shape index (κ2) is 8.19. The molecule has 1 heterocycles. The lowest BCUT2D eigenvalue weighted by Gasteiger charge is -2.62. The quantitative estimate of drug-likeness (QED) is 0.664. The topological polar surface area (TPSA) is 94.5 Å². The second-order valence-electron chi connectivity index (χ2n) is 10.8. The Morgan fingerprint density at radius 1 is 1.12 bits per heavy atom. The van der Waals surface area contributed by atoms with Gasteiger partial charge in [-0.25, -0.2) is 8.78 Å². The molecular weight excluding hydrogens is 442 g/mol. The van der Waals surface area contributed by atoms with Gasteiger partial charge in [-0.05, 0) is 74.6 Å². The fourth-order valence-corrected chi connectivity index (χ4v) is 7.23. The van der Waals surface area contributed by atoms with Crippen LogP contribution in [0.25, 0.3) is 0 Å². The third kappa shape index (κ3) is 4.24. The van der Waals surface area contributed by atoms with Gasteiger partial charge in [-0.2, -0.15) is 5.26 Å². The molecule has 1 aliphatic heterocycles. The molecule has 34 heavy (non-hydrogen) atoms. The number of rotatable bonds is 6. The van der Waals surface area contributed by atoms with Crippen LogP contribution in [0.3, 0.4) is 0 Å². The molecule has 4 aliphatic carbocycles. The van der Waals surface area contributed by atoms with E-state index in [1.54, 1.807) is 31.4 Å². The molecule has 1 aromatic rings. The minimum Gasteiger partial charge on any atom is -0.497 e. The zero-order valence-corrected chi connectivity index (χ0v) is 19.3. The average Bonchev–Trinajstić information content (AvgIpc) is 3.11. The number of amides is 2. The molecule has 4 bridgehead atoms. The Hall–Kier alpha value is -2.73. The van der Waals surface area contributed by atoms with E-state index in [0.29, 0.717) is 29.6 Å². The second-order valence-corrected chi connectivity index (χ2v) is 10.8. The molecule has 0 aromatic heterocycles. The van der Waals surface area contributed by atoms with E-state index in [2.05, 4.69) is 10.6 Å². The van der Waals surface area contributed by atoms with Crippen LogP contribution in [0.4, 0.5) is 8.78 Å². The molecule has 9 heteroatoms. The van der Waals surface area contributed by atoms with Crippen molar-refractivity contribution >= 4 is 11.8 Å². The van der Waals surface area contributed by atoms with E-state index in [0.717, 1.165) is 37.0 Å². The zero-order chi connectivity index (χ0) is 24.1. The Morgan fingerprint density at radius 3 is 2.38 bits per heavy atom. The van der Waals surface area contributed by atoms with Crippen molar-refractivity contribution in [2.75, 3.05) is 20.2 Å². The highest BCUT2D eigenvalue weighted by molar-refractivity contribution is 5.94. The molecule has 1 saturated heterocycles. The fraction of sp³-hybridized carbons (Fsp3) is 0.640. The summed E-state index contributed by atoms with van der Waals surface area (Å²) in [6.07, 6.45) is 4.87. The van der Waals surface area contributed by atoms with Crippen molar-refractivity contribution in [2.24, 2.45) is 11.8 Å². The van der Waals surface area contributed by atoms with Crippen LogP contribution in [0.1, 0.15) is 55.3 Å². The Bertz CT molecular complexity index is 1010. The van der Waals surface area contributed by atoms with Gasteiger partial charge in [0.2, 0.25) is 5.91 Å². The van der Waals surface area contributed by atoms with Crippen LogP contribution in [0, 0.1) is 23.2 Å². The lowest BCUT2D eigenvalue weighted by atomic mass is 9.50. The summed E-state index contributed by atoms with van der Waals surface area (Å²) in [4.78, 5) is 26.9. The molecule has 182 valence electrons. The third-order valence-corrected chi connectivity index (χ3v) is 8.15. The highest BCUT2D eigenvalue weighted by Crippen LogP contribution is 2.57. The molecule has 0 spiro atoms. The predicted octanol–water partition coefficient (Wildman–Crippen LogP) is 2.87. The maximum Gasteiger partial charge on any atom is 0.268 e. The van der Waals surface area contributed by atoms with Crippen LogP contribution in [0.2, 0.25) is 0 Å². The van der Waals surface area contributed by atoms with Crippen molar-refractivity contribution in [2.45, 2.75) is 68.0 Å². The number of methoxy groups -OCH3 is 1. The molecule has 4 saturated carbocycles. The number of carbonyl (C=O) groups is 2. The third-order valence-electron chi connectivity index (χ3n) is 8.15. The number of nitriles is 1. The zero-order valence-electron chi connectivity index (χ0n) is 19.3.